The average Bonchev–Trinajstić information content (AvgIpc) is 2.11. The van der Waals surface area contributed by atoms with Crippen molar-refractivity contribution < 1.29 is 19.4 Å². The number of aliphatic hydroxyl groups is 1. The van der Waals surface area contributed by atoms with Crippen molar-refractivity contribution >= 4 is 12.3 Å². The van der Waals surface area contributed by atoms with Gasteiger partial charge in [0.25, 0.3) is 0 Å². The molecule has 0 unspecified atom stereocenters. The van der Waals surface area contributed by atoms with E-state index >= 15 is 0 Å². The predicted molar refractivity (Wildman–Crippen MR) is 45.9 cm³/mol. The first-order valence-electron chi connectivity index (χ1n) is 4.09. The van der Waals surface area contributed by atoms with Crippen molar-refractivity contribution in [2.24, 2.45) is 5.73 Å². The van der Waals surface area contributed by atoms with Crippen molar-refractivity contribution in [3.63, 3.8) is 0 Å². The molecule has 0 saturated carbocycles. The van der Waals surface area contributed by atoms with Gasteiger partial charge in [0, 0.05) is 13.0 Å². The Morgan fingerprint density at radius 3 is 2.54 bits per heavy atom. The molecule has 13 heavy (non-hydrogen) atoms. The summed E-state index contributed by atoms with van der Waals surface area (Å²) < 4.78 is 4.55. The Hall–Kier alpha value is -0.940. The molecule has 0 saturated heterocycles. The van der Waals surface area contributed by atoms with E-state index in [2.05, 4.69) is 4.74 Å². The van der Waals surface area contributed by atoms with Crippen LogP contribution in [0.15, 0.2) is 0 Å². The van der Waals surface area contributed by atoms with Gasteiger partial charge in [0.1, 0.15) is 6.10 Å². The average molecular weight is 189 g/mol. The molecule has 3 N–H and O–H groups in total. The van der Waals surface area contributed by atoms with Gasteiger partial charge in [0.15, 0.2) is 12.4 Å². The van der Waals surface area contributed by atoms with E-state index in [1.807, 2.05) is 0 Å². The molecule has 0 heterocycles. The largest absolute Gasteiger partial charge is 0.452 e. The van der Waals surface area contributed by atoms with Gasteiger partial charge in [-0.15, -0.1) is 0 Å². The second kappa shape index (κ2) is 5.66. The Kier molecular flexibility index (Phi) is 5.25. The summed E-state index contributed by atoms with van der Waals surface area (Å²) >= 11 is 0. The lowest BCUT2D eigenvalue weighted by atomic mass is 10.1. The molecule has 0 aliphatic carbocycles. The van der Waals surface area contributed by atoms with Gasteiger partial charge in [-0.05, 0) is 6.42 Å². The third-order valence-electron chi connectivity index (χ3n) is 1.68. The molecule has 0 aliphatic rings. The standard InChI is InChI=1S/C8H15NO4/c1-3-6(9)8(12)7(4-10)13-5(2)11/h4,6-8,12H,3,9H2,1-2H3/t6-,7+,8+/m1/s1. The van der Waals surface area contributed by atoms with Crippen LogP contribution in [0.2, 0.25) is 0 Å². The van der Waals surface area contributed by atoms with Crippen LogP contribution in [0, 0.1) is 0 Å². The van der Waals surface area contributed by atoms with Gasteiger partial charge in [0.2, 0.25) is 0 Å². The summed E-state index contributed by atoms with van der Waals surface area (Å²) in [6.07, 6.45) is -1.41. The summed E-state index contributed by atoms with van der Waals surface area (Å²) in [6.45, 7) is 2.93. The van der Waals surface area contributed by atoms with E-state index < -0.39 is 24.2 Å². The Labute approximate surface area is 76.9 Å². The minimum Gasteiger partial charge on any atom is -0.452 e. The molecular weight excluding hydrogens is 174 g/mol. The van der Waals surface area contributed by atoms with Gasteiger partial charge in [-0.1, -0.05) is 6.92 Å². The zero-order valence-electron chi connectivity index (χ0n) is 7.77. The fourth-order valence-corrected chi connectivity index (χ4v) is 0.855. The maximum Gasteiger partial charge on any atom is 0.303 e. The molecule has 0 aromatic heterocycles. The molecule has 0 amide bonds. The molecule has 0 radical (unpaired) electrons. The van der Waals surface area contributed by atoms with Gasteiger partial charge in [0.05, 0.1) is 0 Å². The van der Waals surface area contributed by atoms with Gasteiger partial charge < -0.3 is 15.6 Å². The molecule has 0 rings (SSSR count). The van der Waals surface area contributed by atoms with Crippen LogP contribution < -0.4 is 5.73 Å². The highest BCUT2D eigenvalue weighted by Gasteiger charge is 2.26. The zero-order valence-corrected chi connectivity index (χ0v) is 7.77. The molecule has 0 aliphatic heterocycles. The van der Waals surface area contributed by atoms with Crippen LogP contribution in [0.3, 0.4) is 0 Å². The maximum absolute atomic E-state index is 10.5. The van der Waals surface area contributed by atoms with Gasteiger partial charge in [-0.3, -0.25) is 9.59 Å². The number of hydrogen-bond donors (Lipinski definition) is 2. The highest BCUT2D eigenvalue weighted by atomic mass is 16.6. The summed E-state index contributed by atoms with van der Waals surface area (Å²) in [5.74, 6) is -0.612. The molecule has 0 aromatic rings. The molecule has 0 bridgehead atoms. The van der Waals surface area contributed by atoms with Gasteiger partial charge >= 0.3 is 5.97 Å². The number of carbonyl (C=O) groups excluding carboxylic acids is 2. The second-order valence-corrected chi connectivity index (χ2v) is 2.77. The quantitative estimate of drug-likeness (QED) is 0.437. The van der Waals surface area contributed by atoms with E-state index in [9.17, 15) is 14.7 Å². The fraction of sp³-hybridized carbons (Fsp3) is 0.750. The van der Waals surface area contributed by atoms with E-state index in [4.69, 9.17) is 5.73 Å². The molecule has 3 atom stereocenters. The lowest BCUT2D eigenvalue weighted by Gasteiger charge is -2.22. The normalized spacial score (nSPS) is 17.2. The molecule has 5 nitrogen and oxygen atoms in total. The summed E-state index contributed by atoms with van der Waals surface area (Å²) in [5.41, 5.74) is 5.47. The number of ether oxygens (including phenoxy) is 1. The SMILES string of the molecule is CC[C@@H](N)[C@H](O)[C@H](C=O)OC(C)=O. The Bertz CT molecular complexity index is 183. The maximum atomic E-state index is 10.5. The molecule has 0 aromatic carbocycles. The van der Waals surface area contributed by atoms with Crippen LogP contribution in [-0.4, -0.2) is 35.6 Å². The van der Waals surface area contributed by atoms with E-state index in [1.165, 1.54) is 6.92 Å². The van der Waals surface area contributed by atoms with Crippen molar-refractivity contribution in [2.45, 2.75) is 38.5 Å². The molecule has 5 heteroatoms. The second-order valence-electron chi connectivity index (χ2n) is 2.77. The van der Waals surface area contributed by atoms with Crippen LogP contribution in [0.1, 0.15) is 20.3 Å². The number of nitrogens with two attached hydrogens (primary N) is 1. The van der Waals surface area contributed by atoms with Crippen LogP contribution in [0.5, 0.6) is 0 Å². The number of aliphatic hydroxyl groups excluding tert-OH is 1. The van der Waals surface area contributed by atoms with E-state index in [-0.39, 0.29) is 0 Å². The predicted octanol–water partition coefficient (Wildman–Crippen LogP) is -0.785. The lowest BCUT2D eigenvalue weighted by molar-refractivity contribution is -0.156. The van der Waals surface area contributed by atoms with Crippen molar-refractivity contribution in [2.75, 3.05) is 0 Å². The summed E-state index contributed by atoms with van der Waals surface area (Å²) in [5, 5.41) is 9.39. The fourth-order valence-electron chi connectivity index (χ4n) is 0.855. The monoisotopic (exact) mass is 189 g/mol. The molecule has 0 spiro atoms. The van der Waals surface area contributed by atoms with Crippen LogP contribution in [0.4, 0.5) is 0 Å². The summed E-state index contributed by atoms with van der Waals surface area (Å²) in [4.78, 5) is 20.9. The highest BCUT2D eigenvalue weighted by Crippen LogP contribution is 2.03. The smallest absolute Gasteiger partial charge is 0.303 e. The van der Waals surface area contributed by atoms with E-state index in [1.54, 1.807) is 6.92 Å². The number of aldehydes is 1. The lowest BCUT2D eigenvalue weighted by Crippen LogP contribution is -2.45. The van der Waals surface area contributed by atoms with Gasteiger partial charge in [-0.2, -0.15) is 0 Å². The third-order valence-corrected chi connectivity index (χ3v) is 1.68. The van der Waals surface area contributed by atoms with Crippen molar-refractivity contribution in [3.8, 4) is 0 Å². The first kappa shape index (κ1) is 12.1. The summed E-state index contributed by atoms with van der Waals surface area (Å²) in [6, 6.07) is -0.561. The highest BCUT2D eigenvalue weighted by molar-refractivity contribution is 5.70. The minimum absolute atomic E-state index is 0.377. The van der Waals surface area contributed by atoms with Crippen molar-refractivity contribution in [1.29, 1.82) is 0 Å². The Morgan fingerprint density at radius 2 is 2.23 bits per heavy atom. The minimum atomic E-state index is -1.16. The van der Waals surface area contributed by atoms with Crippen LogP contribution in [-0.2, 0) is 14.3 Å². The first-order valence-corrected chi connectivity index (χ1v) is 4.09. The Balaban J connectivity index is 4.21. The van der Waals surface area contributed by atoms with E-state index in [0.29, 0.717) is 12.7 Å². The van der Waals surface area contributed by atoms with Gasteiger partial charge in [-0.25, -0.2) is 0 Å². The number of esters is 1. The van der Waals surface area contributed by atoms with E-state index in [0.717, 1.165) is 0 Å². The number of carbonyl (C=O) groups is 2. The third kappa shape index (κ3) is 4.00. The molecule has 0 fully saturated rings. The number of rotatable bonds is 5. The Morgan fingerprint density at radius 1 is 1.69 bits per heavy atom. The van der Waals surface area contributed by atoms with Crippen LogP contribution >= 0.6 is 0 Å². The zero-order chi connectivity index (χ0) is 10.4. The topological polar surface area (TPSA) is 89.6 Å². The molecule has 76 valence electrons. The first-order chi connectivity index (χ1) is 6.02. The number of hydrogen-bond acceptors (Lipinski definition) is 5. The van der Waals surface area contributed by atoms with Crippen molar-refractivity contribution in [3.05, 3.63) is 0 Å². The summed E-state index contributed by atoms with van der Waals surface area (Å²) in [7, 11) is 0. The van der Waals surface area contributed by atoms with Crippen molar-refractivity contribution in [1.82, 2.24) is 0 Å². The van der Waals surface area contributed by atoms with Crippen LogP contribution in [0.25, 0.3) is 0 Å². The molecular formula is C8H15NO4.